The highest BCUT2D eigenvalue weighted by Gasteiger charge is 2.10. The van der Waals surface area contributed by atoms with Gasteiger partial charge in [-0.15, -0.1) is 0 Å². The van der Waals surface area contributed by atoms with E-state index in [1.54, 1.807) is 0 Å². The van der Waals surface area contributed by atoms with Crippen molar-refractivity contribution in [3.05, 3.63) is 71.0 Å². The number of hydrogen-bond donors (Lipinski definition) is 2. The van der Waals surface area contributed by atoms with E-state index in [9.17, 15) is 14.3 Å². The molecule has 0 radical (unpaired) electrons. The fourth-order valence-electron chi connectivity index (χ4n) is 1.80. The van der Waals surface area contributed by atoms with E-state index in [-0.39, 0.29) is 18.3 Å². The molecule has 3 nitrogen and oxygen atoms in total. The molecule has 104 valence electrons. The lowest BCUT2D eigenvalue weighted by Crippen LogP contribution is -2.28. The molecule has 0 saturated carbocycles. The molecule has 2 rings (SSSR count). The van der Waals surface area contributed by atoms with Crippen LogP contribution in [0.4, 0.5) is 4.39 Å². The zero-order valence-corrected chi connectivity index (χ0v) is 11.1. The Morgan fingerprint density at radius 1 is 1.15 bits per heavy atom. The van der Waals surface area contributed by atoms with Crippen molar-refractivity contribution in [2.45, 2.75) is 13.0 Å². The summed E-state index contributed by atoms with van der Waals surface area (Å²) in [6.07, 6.45) is -0.764. The third kappa shape index (κ3) is 3.65. The fraction of sp³-hybridized carbons (Fsp3) is 0.188. The van der Waals surface area contributed by atoms with Gasteiger partial charge in [-0.05, 0) is 36.8 Å². The summed E-state index contributed by atoms with van der Waals surface area (Å²) in [4.78, 5) is 11.8. The SMILES string of the molecule is Cc1ccc([C@H](O)CNC(=O)c2ccc(F)cc2)cc1. The van der Waals surface area contributed by atoms with Gasteiger partial charge in [-0.2, -0.15) is 0 Å². The topological polar surface area (TPSA) is 49.3 Å². The van der Waals surface area contributed by atoms with Crippen LogP contribution in [-0.4, -0.2) is 17.6 Å². The van der Waals surface area contributed by atoms with Crippen LogP contribution in [0, 0.1) is 12.7 Å². The maximum absolute atomic E-state index is 12.7. The zero-order chi connectivity index (χ0) is 14.5. The average molecular weight is 273 g/mol. The van der Waals surface area contributed by atoms with Crippen LogP contribution in [0.25, 0.3) is 0 Å². The van der Waals surface area contributed by atoms with Gasteiger partial charge in [-0.25, -0.2) is 4.39 Å². The second-order valence-corrected chi connectivity index (χ2v) is 4.64. The van der Waals surface area contributed by atoms with Gasteiger partial charge in [0, 0.05) is 12.1 Å². The molecule has 2 aromatic carbocycles. The molecule has 0 aliphatic rings. The normalized spacial score (nSPS) is 11.9. The van der Waals surface area contributed by atoms with Crippen molar-refractivity contribution >= 4 is 5.91 Å². The number of rotatable bonds is 4. The monoisotopic (exact) mass is 273 g/mol. The van der Waals surface area contributed by atoms with Crippen LogP contribution >= 0.6 is 0 Å². The lowest BCUT2D eigenvalue weighted by Gasteiger charge is -2.12. The fourth-order valence-corrected chi connectivity index (χ4v) is 1.80. The van der Waals surface area contributed by atoms with Crippen LogP contribution in [-0.2, 0) is 0 Å². The molecule has 0 aliphatic heterocycles. The van der Waals surface area contributed by atoms with Crippen LogP contribution in [0.15, 0.2) is 48.5 Å². The molecule has 0 saturated heterocycles. The molecule has 0 aliphatic carbocycles. The second kappa shape index (κ2) is 6.30. The first kappa shape index (κ1) is 14.2. The molecule has 2 N–H and O–H groups in total. The van der Waals surface area contributed by atoms with E-state index in [0.29, 0.717) is 5.56 Å². The minimum absolute atomic E-state index is 0.110. The predicted molar refractivity (Wildman–Crippen MR) is 74.9 cm³/mol. The lowest BCUT2D eigenvalue weighted by atomic mass is 10.1. The van der Waals surface area contributed by atoms with Gasteiger partial charge >= 0.3 is 0 Å². The number of carbonyl (C=O) groups excluding carboxylic acids is 1. The second-order valence-electron chi connectivity index (χ2n) is 4.64. The van der Waals surface area contributed by atoms with Gasteiger partial charge in [0.15, 0.2) is 0 Å². The van der Waals surface area contributed by atoms with E-state index in [2.05, 4.69) is 5.32 Å². The molecular weight excluding hydrogens is 257 g/mol. The van der Waals surface area contributed by atoms with Crippen molar-refractivity contribution in [3.8, 4) is 0 Å². The Hall–Kier alpha value is -2.20. The third-order valence-electron chi connectivity index (χ3n) is 3.02. The third-order valence-corrected chi connectivity index (χ3v) is 3.02. The van der Waals surface area contributed by atoms with Crippen molar-refractivity contribution in [1.29, 1.82) is 0 Å². The number of nitrogens with one attached hydrogen (secondary N) is 1. The van der Waals surface area contributed by atoms with E-state index < -0.39 is 6.10 Å². The van der Waals surface area contributed by atoms with Gasteiger partial charge in [-0.1, -0.05) is 29.8 Å². The Morgan fingerprint density at radius 2 is 1.75 bits per heavy atom. The van der Waals surface area contributed by atoms with E-state index in [4.69, 9.17) is 0 Å². The van der Waals surface area contributed by atoms with Gasteiger partial charge in [-0.3, -0.25) is 4.79 Å². The standard InChI is InChI=1S/C16H16FNO2/c1-11-2-4-12(5-3-11)15(19)10-18-16(20)13-6-8-14(17)9-7-13/h2-9,15,19H,10H2,1H3,(H,18,20)/t15-/m1/s1. The number of hydrogen-bond acceptors (Lipinski definition) is 2. The van der Waals surface area contributed by atoms with Crippen LogP contribution in [0.5, 0.6) is 0 Å². The van der Waals surface area contributed by atoms with Crippen LogP contribution in [0.1, 0.15) is 27.6 Å². The molecule has 20 heavy (non-hydrogen) atoms. The highest BCUT2D eigenvalue weighted by Crippen LogP contribution is 2.13. The summed E-state index contributed by atoms with van der Waals surface area (Å²) in [7, 11) is 0. The summed E-state index contributed by atoms with van der Waals surface area (Å²) in [6, 6.07) is 12.7. The van der Waals surface area contributed by atoms with Gasteiger partial charge in [0.05, 0.1) is 6.10 Å². The summed E-state index contributed by atoms with van der Waals surface area (Å²) >= 11 is 0. The smallest absolute Gasteiger partial charge is 0.251 e. The first-order valence-electron chi connectivity index (χ1n) is 6.34. The Balaban J connectivity index is 1.92. The number of aryl methyl sites for hydroxylation is 1. The largest absolute Gasteiger partial charge is 0.387 e. The van der Waals surface area contributed by atoms with Gasteiger partial charge in [0.1, 0.15) is 5.82 Å². The minimum Gasteiger partial charge on any atom is -0.387 e. The molecule has 1 atom stereocenters. The highest BCUT2D eigenvalue weighted by atomic mass is 19.1. The van der Waals surface area contributed by atoms with Gasteiger partial charge in [0.25, 0.3) is 5.91 Å². The van der Waals surface area contributed by atoms with Gasteiger partial charge in [0.2, 0.25) is 0 Å². The maximum Gasteiger partial charge on any atom is 0.251 e. The Kier molecular flexibility index (Phi) is 4.48. The highest BCUT2D eigenvalue weighted by molar-refractivity contribution is 5.94. The molecule has 0 spiro atoms. The molecule has 0 fully saturated rings. The molecule has 0 aromatic heterocycles. The van der Waals surface area contributed by atoms with Crippen molar-refractivity contribution in [3.63, 3.8) is 0 Å². The van der Waals surface area contributed by atoms with Crippen molar-refractivity contribution in [2.24, 2.45) is 0 Å². The Bertz CT molecular complexity index is 578. The minimum atomic E-state index is -0.764. The van der Waals surface area contributed by atoms with Gasteiger partial charge < -0.3 is 10.4 Å². The number of carbonyl (C=O) groups is 1. The van der Waals surface area contributed by atoms with Crippen molar-refractivity contribution < 1.29 is 14.3 Å². The molecule has 0 bridgehead atoms. The number of amides is 1. The maximum atomic E-state index is 12.7. The summed E-state index contributed by atoms with van der Waals surface area (Å²) < 4.78 is 12.7. The Labute approximate surface area is 117 Å². The molecule has 2 aromatic rings. The molecule has 0 unspecified atom stereocenters. The summed E-state index contributed by atoms with van der Waals surface area (Å²) in [6.45, 7) is 2.08. The van der Waals surface area contributed by atoms with Crippen molar-refractivity contribution in [2.75, 3.05) is 6.54 Å². The van der Waals surface area contributed by atoms with Crippen LogP contribution < -0.4 is 5.32 Å². The molecule has 0 heterocycles. The first-order chi connectivity index (χ1) is 9.56. The number of aliphatic hydroxyl groups is 1. The molecular formula is C16H16FNO2. The van der Waals surface area contributed by atoms with E-state index >= 15 is 0 Å². The van der Waals surface area contributed by atoms with E-state index in [0.717, 1.165) is 11.1 Å². The molecule has 1 amide bonds. The van der Waals surface area contributed by atoms with Crippen LogP contribution in [0.2, 0.25) is 0 Å². The summed E-state index contributed by atoms with van der Waals surface area (Å²) in [5.74, 6) is -0.725. The number of benzene rings is 2. The molecule has 4 heteroatoms. The zero-order valence-electron chi connectivity index (χ0n) is 11.1. The first-order valence-corrected chi connectivity index (χ1v) is 6.34. The van der Waals surface area contributed by atoms with Crippen LogP contribution in [0.3, 0.4) is 0 Å². The lowest BCUT2D eigenvalue weighted by molar-refractivity contribution is 0.0916. The van der Waals surface area contributed by atoms with Crippen molar-refractivity contribution in [1.82, 2.24) is 5.32 Å². The van der Waals surface area contributed by atoms with E-state index in [1.807, 2.05) is 31.2 Å². The number of halogens is 1. The quantitative estimate of drug-likeness (QED) is 0.899. The predicted octanol–water partition coefficient (Wildman–Crippen LogP) is 2.60. The number of aliphatic hydroxyl groups excluding tert-OH is 1. The van der Waals surface area contributed by atoms with E-state index in [1.165, 1.54) is 24.3 Å². The summed E-state index contributed by atoms with van der Waals surface area (Å²) in [5.41, 5.74) is 2.22. The summed E-state index contributed by atoms with van der Waals surface area (Å²) in [5, 5.41) is 12.6. The Morgan fingerprint density at radius 3 is 2.35 bits per heavy atom. The average Bonchev–Trinajstić information content (AvgIpc) is 2.46.